The van der Waals surface area contributed by atoms with Crippen molar-refractivity contribution in [2.75, 3.05) is 63.0 Å². The summed E-state index contributed by atoms with van der Waals surface area (Å²) in [5, 5.41) is 36.4. The fourth-order valence-corrected chi connectivity index (χ4v) is 12.5. The Bertz CT molecular complexity index is 2100. The van der Waals surface area contributed by atoms with Crippen LogP contribution in [0.5, 0.6) is 0 Å². The Hall–Kier alpha value is -6.22. The first-order valence-electron chi connectivity index (χ1n) is 25.6. The van der Waals surface area contributed by atoms with Crippen molar-refractivity contribution in [1.29, 1.82) is 0 Å². The molecule has 10 rings (SSSR count). The maximum absolute atomic E-state index is 14.9. The number of nitrogens with one attached hydrogen (secondary N) is 5. The molecule has 5 N–H and O–H groups in total. The maximum atomic E-state index is 14.9. The number of rotatable bonds is 18. The Balaban J connectivity index is 0.991. The molecule has 2 aromatic carbocycles. The van der Waals surface area contributed by atoms with Gasteiger partial charge in [0.25, 0.3) is 11.4 Å². The summed E-state index contributed by atoms with van der Waals surface area (Å²) in [6.45, 7) is 6.51. The molecular formula is C50H67N9O12. The maximum Gasteiger partial charge on any atom is 0.411 e. The van der Waals surface area contributed by atoms with E-state index in [1.54, 1.807) is 0 Å². The van der Waals surface area contributed by atoms with Gasteiger partial charge in [-0.3, -0.25) is 55.4 Å². The van der Waals surface area contributed by atoms with Gasteiger partial charge in [0.05, 0.1) is 33.5 Å². The van der Waals surface area contributed by atoms with Gasteiger partial charge in [0.1, 0.15) is 12.2 Å². The molecule has 21 nitrogen and oxygen atoms in total. The Morgan fingerprint density at radius 1 is 0.521 bits per heavy atom. The highest BCUT2D eigenvalue weighted by Crippen LogP contribution is 2.52. The summed E-state index contributed by atoms with van der Waals surface area (Å²) in [6.07, 6.45) is 7.78. The molecule has 2 heterocycles. The highest BCUT2D eigenvalue weighted by atomic mass is 16.6. The molecule has 6 amide bonds. The van der Waals surface area contributed by atoms with Crippen molar-refractivity contribution in [3.05, 3.63) is 68.8 Å². The molecule has 2 saturated heterocycles. The van der Waals surface area contributed by atoms with E-state index in [-0.39, 0.29) is 46.4 Å². The third kappa shape index (κ3) is 12.8. The molecule has 21 heteroatoms. The molecule has 6 saturated carbocycles. The van der Waals surface area contributed by atoms with E-state index >= 15 is 0 Å². The van der Waals surface area contributed by atoms with Crippen LogP contribution >= 0.6 is 0 Å². The number of non-ortho nitro benzene ring substituents is 2. The van der Waals surface area contributed by atoms with Gasteiger partial charge in [-0.05, 0) is 152 Å². The molecule has 10 atom stereocenters. The summed E-state index contributed by atoms with van der Waals surface area (Å²) >= 11 is 0. The summed E-state index contributed by atoms with van der Waals surface area (Å²) in [4.78, 5) is 111. The fourth-order valence-electron chi connectivity index (χ4n) is 12.5. The standard InChI is InChI=1S/C50H67N9O12/c60-45(51-21-7-27-56-23-3-1-4-24-56)41-31-9-19-37(39(29-31)70-49(64)53-33-11-15-35(16-12-33)58(66)67)43(41)47(62)55-48(63)44-38-20-10-32(42(44)46(61)52-22-8-28-57-25-5-2-6-26-57)30-40(38)71-50(65)54-34-13-17-36(18-14-34)59(68)69/h11-18,31-32,37-44H,1-10,19-30H2,(H,51,60)(H,52,61)(H,53,64)(H,54,65)(H,55,62,63). The summed E-state index contributed by atoms with van der Waals surface area (Å²) in [7, 11) is 0. The third-order valence-electron chi connectivity index (χ3n) is 15.9. The van der Waals surface area contributed by atoms with Crippen molar-refractivity contribution in [1.82, 2.24) is 25.8 Å². The number of carbonyl (C=O) groups is 6. The van der Waals surface area contributed by atoms with E-state index in [0.717, 1.165) is 77.8 Å². The number of anilines is 2. The molecule has 71 heavy (non-hydrogen) atoms. The second kappa shape index (κ2) is 23.8. The number of nitrogens with zero attached hydrogens (tertiary/aromatic N) is 4. The predicted octanol–water partition coefficient (Wildman–Crippen LogP) is 5.99. The Kier molecular flexibility index (Phi) is 17.1. The van der Waals surface area contributed by atoms with Gasteiger partial charge in [-0.15, -0.1) is 0 Å². The van der Waals surface area contributed by atoms with Crippen LogP contribution in [0.25, 0.3) is 0 Å². The number of hydrogen-bond donors (Lipinski definition) is 5. The molecule has 4 bridgehead atoms. The van der Waals surface area contributed by atoms with Crippen LogP contribution in [0.2, 0.25) is 0 Å². The van der Waals surface area contributed by atoms with Gasteiger partial charge >= 0.3 is 12.2 Å². The van der Waals surface area contributed by atoms with Crippen LogP contribution in [0.15, 0.2) is 48.5 Å². The van der Waals surface area contributed by atoms with Crippen molar-refractivity contribution in [3.63, 3.8) is 0 Å². The molecular weight excluding hydrogens is 919 g/mol. The van der Waals surface area contributed by atoms with Crippen molar-refractivity contribution in [2.45, 2.75) is 102 Å². The number of ether oxygens (including phenoxy) is 2. The minimum absolute atomic E-state index is 0.155. The first-order chi connectivity index (χ1) is 34.3. The number of likely N-dealkylation sites (tertiary alicyclic amines) is 2. The number of piperidine rings is 2. The quantitative estimate of drug-likeness (QED) is 0.0497. The van der Waals surface area contributed by atoms with Crippen molar-refractivity contribution >= 4 is 58.6 Å². The largest absolute Gasteiger partial charge is 0.446 e. The number of fused-ring (bicyclic) bond motifs is 6. The molecule has 10 unspecified atom stereocenters. The van der Waals surface area contributed by atoms with Crippen LogP contribution in [-0.4, -0.2) is 120 Å². The van der Waals surface area contributed by atoms with Gasteiger partial charge in [0, 0.05) is 60.6 Å². The zero-order chi connectivity index (χ0) is 50.0. The minimum Gasteiger partial charge on any atom is -0.446 e. The van der Waals surface area contributed by atoms with Crippen molar-refractivity contribution in [3.8, 4) is 0 Å². The van der Waals surface area contributed by atoms with Gasteiger partial charge in [-0.2, -0.15) is 0 Å². The lowest BCUT2D eigenvalue weighted by Crippen LogP contribution is -2.62. The first-order valence-corrected chi connectivity index (χ1v) is 25.6. The molecule has 8 aliphatic rings. The van der Waals surface area contributed by atoms with E-state index in [2.05, 4.69) is 36.4 Å². The molecule has 0 radical (unpaired) electrons. The fraction of sp³-hybridized carbons (Fsp3) is 0.640. The highest BCUT2D eigenvalue weighted by molar-refractivity contribution is 6.01. The first kappa shape index (κ1) is 51.1. The Morgan fingerprint density at radius 2 is 0.901 bits per heavy atom. The monoisotopic (exact) mass is 985 g/mol. The number of benzene rings is 2. The summed E-state index contributed by atoms with van der Waals surface area (Å²) in [6, 6.07) is 10.5. The second-order valence-corrected chi connectivity index (χ2v) is 20.3. The van der Waals surface area contributed by atoms with E-state index in [0.29, 0.717) is 51.6 Å². The van der Waals surface area contributed by atoms with Gasteiger partial charge in [0.2, 0.25) is 23.6 Å². The van der Waals surface area contributed by atoms with Crippen molar-refractivity contribution in [2.24, 2.45) is 47.3 Å². The highest BCUT2D eigenvalue weighted by Gasteiger charge is 2.58. The van der Waals surface area contributed by atoms with Gasteiger partial charge in [-0.25, -0.2) is 9.59 Å². The van der Waals surface area contributed by atoms with Gasteiger partial charge in [0.15, 0.2) is 0 Å². The SMILES string of the molecule is O=C(Nc1ccc([N+](=O)[O-])cc1)OC1CC2CCC1C(C(=O)NC(=O)C1C3CCC(CC3OC(=O)Nc3ccc([N+](=O)[O-])cc3)C1C(=O)NCCCN1CCCCC1)C2C(=O)NCCCN1CCCCC1. The van der Waals surface area contributed by atoms with E-state index in [9.17, 15) is 49.0 Å². The van der Waals surface area contributed by atoms with Crippen LogP contribution in [0.4, 0.5) is 32.3 Å². The molecule has 384 valence electrons. The lowest BCUT2D eigenvalue weighted by atomic mass is 9.56. The summed E-state index contributed by atoms with van der Waals surface area (Å²) in [5.74, 6) is -7.92. The van der Waals surface area contributed by atoms with Gasteiger partial charge in [-0.1, -0.05) is 12.8 Å². The van der Waals surface area contributed by atoms with E-state index in [1.165, 1.54) is 61.4 Å². The van der Waals surface area contributed by atoms with Gasteiger partial charge < -0.3 is 29.9 Å². The van der Waals surface area contributed by atoms with Crippen LogP contribution in [-0.2, 0) is 28.7 Å². The number of imide groups is 1. The third-order valence-corrected chi connectivity index (χ3v) is 15.9. The predicted molar refractivity (Wildman–Crippen MR) is 259 cm³/mol. The smallest absolute Gasteiger partial charge is 0.411 e. The number of nitro benzene ring substituents is 2. The number of amides is 6. The molecule has 0 spiro atoms. The van der Waals surface area contributed by atoms with Crippen LogP contribution in [0.1, 0.15) is 89.9 Å². The lowest BCUT2D eigenvalue weighted by Gasteiger charge is -2.51. The molecule has 6 aliphatic carbocycles. The van der Waals surface area contributed by atoms with Crippen molar-refractivity contribution < 1.29 is 48.1 Å². The number of nitro groups is 2. The summed E-state index contributed by atoms with van der Waals surface area (Å²) in [5.41, 5.74) is 0.211. The molecule has 0 aromatic heterocycles. The zero-order valence-corrected chi connectivity index (χ0v) is 40.1. The van der Waals surface area contributed by atoms with E-state index < -0.39 is 81.6 Å². The van der Waals surface area contributed by atoms with Crippen LogP contribution in [0.3, 0.4) is 0 Å². The normalized spacial score (nSPS) is 28.2. The topological polar surface area (TPSA) is 274 Å². The zero-order valence-electron chi connectivity index (χ0n) is 40.1. The van der Waals surface area contributed by atoms with Crippen LogP contribution < -0.4 is 26.6 Å². The number of carbonyl (C=O) groups excluding carboxylic acids is 6. The lowest BCUT2D eigenvalue weighted by molar-refractivity contribution is -0.385. The van der Waals surface area contributed by atoms with E-state index in [1.807, 2.05) is 0 Å². The average Bonchev–Trinajstić information content (AvgIpc) is 3.37. The molecule has 8 fully saturated rings. The Morgan fingerprint density at radius 3 is 1.27 bits per heavy atom. The van der Waals surface area contributed by atoms with Crippen LogP contribution in [0, 0.1) is 67.6 Å². The second-order valence-electron chi connectivity index (χ2n) is 20.3. The van der Waals surface area contributed by atoms with E-state index in [4.69, 9.17) is 9.47 Å². The average molecular weight is 986 g/mol. The minimum atomic E-state index is -1.08. The molecule has 2 aliphatic heterocycles. The summed E-state index contributed by atoms with van der Waals surface area (Å²) < 4.78 is 11.9. The number of hydrogen-bond acceptors (Lipinski definition) is 14. The Labute approximate surface area is 412 Å². The molecule has 2 aromatic rings.